The molecule has 0 saturated heterocycles. The van der Waals surface area contributed by atoms with Gasteiger partial charge in [-0.05, 0) is 12.1 Å². The first-order valence-corrected chi connectivity index (χ1v) is 6.93. The Labute approximate surface area is 137 Å². The summed E-state index contributed by atoms with van der Waals surface area (Å²) in [7, 11) is 0. The van der Waals surface area contributed by atoms with Crippen LogP contribution in [0.5, 0.6) is 0 Å². The first-order valence-electron chi connectivity index (χ1n) is 6.93. The van der Waals surface area contributed by atoms with Gasteiger partial charge in [0.25, 0.3) is 5.91 Å². The maximum absolute atomic E-state index is 12.2. The van der Waals surface area contributed by atoms with Crippen molar-refractivity contribution < 1.29 is 23.9 Å². The van der Waals surface area contributed by atoms with Crippen molar-refractivity contribution in [3.63, 3.8) is 0 Å². The Morgan fingerprint density at radius 2 is 1.38 bits per heavy atom. The maximum atomic E-state index is 12.2. The van der Waals surface area contributed by atoms with Crippen LogP contribution < -0.4 is 11.1 Å². The molecule has 0 bridgehead atoms. The Balaban J connectivity index is 1.99. The highest BCUT2D eigenvalue weighted by atomic mass is 16.5. The third kappa shape index (κ3) is 4.51. The molecule has 2 aromatic carbocycles. The molecule has 0 radical (unpaired) electrons. The summed E-state index contributed by atoms with van der Waals surface area (Å²) in [4.78, 5) is 45.6. The Hall–Kier alpha value is -3.48. The van der Waals surface area contributed by atoms with Crippen molar-refractivity contribution in [2.24, 2.45) is 5.73 Å². The van der Waals surface area contributed by atoms with Crippen molar-refractivity contribution in [1.82, 2.24) is 5.32 Å². The third-order valence-corrected chi connectivity index (χ3v) is 3.02. The van der Waals surface area contributed by atoms with Crippen LogP contribution in [-0.2, 0) is 9.53 Å². The molecule has 0 aromatic heterocycles. The fourth-order valence-electron chi connectivity index (χ4n) is 1.90. The summed E-state index contributed by atoms with van der Waals surface area (Å²) in [5, 5.41) is 1.77. The number of esters is 1. The van der Waals surface area contributed by atoms with E-state index in [1.165, 1.54) is 24.3 Å². The average molecular weight is 326 g/mol. The van der Waals surface area contributed by atoms with Crippen molar-refractivity contribution in [1.29, 1.82) is 0 Å². The molecule has 2 rings (SSSR count). The van der Waals surface area contributed by atoms with Gasteiger partial charge in [-0.3, -0.25) is 14.9 Å². The van der Waals surface area contributed by atoms with Gasteiger partial charge >= 0.3 is 12.0 Å². The molecule has 3 N–H and O–H groups in total. The highest BCUT2D eigenvalue weighted by Gasteiger charge is 2.13. The Morgan fingerprint density at radius 3 is 1.96 bits per heavy atom. The van der Waals surface area contributed by atoms with Gasteiger partial charge in [0, 0.05) is 11.1 Å². The van der Waals surface area contributed by atoms with Crippen LogP contribution in [0.3, 0.4) is 0 Å². The highest BCUT2D eigenvalue weighted by Crippen LogP contribution is 2.11. The SMILES string of the molecule is NC(=O)NC(=O)COC(=O)c1ccc(C(=O)c2ccccc2)cc1. The van der Waals surface area contributed by atoms with Gasteiger partial charge in [0.15, 0.2) is 12.4 Å². The number of amides is 3. The number of nitrogens with one attached hydrogen (secondary N) is 1. The molecule has 0 aliphatic heterocycles. The first-order chi connectivity index (χ1) is 11.5. The van der Waals surface area contributed by atoms with E-state index in [4.69, 9.17) is 10.5 Å². The molecular weight excluding hydrogens is 312 g/mol. The van der Waals surface area contributed by atoms with E-state index in [1.807, 2.05) is 6.07 Å². The number of primary amides is 1. The molecule has 2 aromatic rings. The number of urea groups is 1. The van der Waals surface area contributed by atoms with Crippen LogP contribution in [0, 0.1) is 0 Å². The molecule has 7 nitrogen and oxygen atoms in total. The number of ether oxygens (including phenoxy) is 1. The van der Waals surface area contributed by atoms with Crippen LogP contribution in [-0.4, -0.2) is 30.3 Å². The normalized spacial score (nSPS) is 9.83. The van der Waals surface area contributed by atoms with Gasteiger partial charge in [-0.25, -0.2) is 9.59 Å². The maximum Gasteiger partial charge on any atom is 0.338 e. The zero-order valence-corrected chi connectivity index (χ0v) is 12.5. The molecule has 0 spiro atoms. The lowest BCUT2D eigenvalue weighted by Gasteiger charge is -2.05. The molecule has 3 amide bonds. The Kier molecular flexibility index (Phi) is 5.40. The second-order valence-corrected chi connectivity index (χ2v) is 4.76. The second-order valence-electron chi connectivity index (χ2n) is 4.76. The smallest absolute Gasteiger partial charge is 0.338 e. The topological polar surface area (TPSA) is 116 Å². The molecule has 0 aliphatic carbocycles. The van der Waals surface area contributed by atoms with E-state index in [1.54, 1.807) is 29.6 Å². The lowest BCUT2D eigenvalue weighted by Crippen LogP contribution is -2.37. The summed E-state index contributed by atoms with van der Waals surface area (Å²) < 4.78 is 4.73. The molecule has 122 valence electrons. The molecule has 0 unspecified atom stereocenters. The predicted molar refractivity (Wildman–Crippen MR) is 84.3 cm³/mol. The summed E-state index contributed by atoms with van der Waals surface area (Å²) in [6.07, 6.45) is 0. The molecule has 0 saturated carbocycles. The summed E-state index contributed by atoms with van der Waals surface area (Å²) in [6, 6.07) is 13.5. The minimum atomic E-state index is -1.03. The number of rotatable bonds is 5. The van der Waals surface area contributed by atoms with Gasteiger partial charge in [0.2, 0.25) is 0 Å². The quantitative estimate of drug-likeness (QED) is 0.634. The fraction of sp³-hybridized carbons (Fsp3) is 0.0588. The molecule has 0 heterocycles. The van der Waals surface area contributed by atoms with Gasteiger partial charge < -0.3 is 10.5 Å². The summed E-state index contributed by atoms with van der Waals surface area (Å²) in [6.45, 7) is -0.632. The van der Waals surface area contributed by atoms with Crippen LogP contribution in [0.4, 0.5) is 4.79 Å². The summed E-state index contributed by atoms with van der Waals surface area (Å²) in [5.74, 6) is -1.75. The number of imide groups is 1. The molecule has 0 aliphatic rings. The number of hydrogen-bond acceptors (Lipinski definition) is 5. The Bertz CT molecular complexity index is 769. The van der Waals surface area contributed by atoms with Gasteiger partial charge in [-0.1, -0.05) is 42.5 Å². The minimum absolute atomic E-state index is 0.170. The molecule has 7 heteroatoms. The Morgan fingerprint density at radius 1 is 0.833 bits per heavy atom. The van der Waals surface area contributed by atoms with E-state index in [0.29, 0.717) is 11.1 Å². The van der Waals surface area contributed by atoms with Crippen LogP contribution >= 0.6 is 0 Å². The van der Waals surface area contributed by atoms with Crippen molar-refractivity contribution in [3.8, 4) is 0 Å². The van der Waals surface area contributed by atoms with E-state index in [0.717, 1.165) is 0 Å². The van der Waals surface area contributed by atoms with Gasteiger partial charge in [-0.15, -0.1) is 0 Å². The molecule has 0 fully saturated rings. The lowest BCUT2D eigenvalue weighted by molar-refractivity contribution is -0.123. The van der Waals surface area contributed by atoms with E-state index in [9.17, 15) is 19.2 Å². The number of ketones is 1. The van der Waals surface area contributed by atoms with E-state index < -0.39 is 24.5 Å². The third-order valence-electron chi connectivity index (χ3n) is 3.02. The van der Waals surface area contributed by atoms with Gasteiger partial charge in [0.05, 0.1) is 5.56 Å². The number of carbonyl (C=O) groups excluding carboxylic acids is 4. The molecular formula is C17H14N2O5. The van der Waals surface area contributed by atoms with Crippen LogP contribution in [0.25, 0.3) is 0 Å². The summed E-state index contributed by atoms with van der Waals surface area (Å²) in [5.41, 5.74) is 5.89. The number of nitrogens with two attached hydrogens (primary N) is 1. The molecule has 0 atom stereocenters. The van der Waals surface area contributed by atoms with E-state index >= 15 is 0 Å². The predicted octanol–water partition coefficient (Wildman–Crippen LogP) is 1.27. The van der Waals surface area contributed by atoms with Gasteiger partial charge in [0.1, 0.15) is 0 Å². The van der Waals surface area contributed by atoms with Crippen molar-refractivity contribution >= 4 is 23.7 Å². The first kappa shape index (κ1) is 16.9. The number of carbonyl (C=O) groups is 4. The minimum Gasteiger partial charge on any atom is -0.452 e. The highest BCUT2D eigenvalue weighted by molar-refractivity contribution is 6.09. The van der Waals surface area contributed by atoms with Gasteiger partial charge in [-0.2, -0.15) is 0 Å². The van der Waals surface area contributed by atoms with E-state index in [2.05, 4.69) is 0 Å². The summed E-state index contributed by atoms with van der Waals surface area (Å²) >= 11 is 0. The number of hydrogen-bond donors (Lipinski definition) is 2. The zero-order valence-electron chi connectivity index (χ0n) is 12.5. The average Bonchev–Trinajstić information content (AvgIpc) is 2.59. The van der Waals surface area contributed by atoms with Crippen molar-refractivity contribution in [3.05, 3.63) is 71.3 Å². The fourth-order valence-corrected chi connectivity index (χ4v) is 1.90. The van der Waals surface area contributed by atoms with Crippen LogP contribution in [0.1, 0.15) is 26.3 Å². The van der Waals surface area contributed by atoms with Crippen molar-refractivity contribution in [2.75, 3.05) is 6.61 Å². The molecule has 24 heavy (non-hydrogen) atoms. The zero-order chi connectivity index (χ0) is 17.5. The van der Waals surface area contributed by atoms with Crippen LogP contribution in [0.15, 0.2) is 54.6 Å². The largest absolute Gasteiger partial charge is 0.452 e. The lowest BCUT2D eigenvalue weighted by atomic mass is 10.0. The standard InChI is InChI=1S/C17H14N2O5/c18-17(23)19-14(20)10-24-16(22)13-8-6-12(7-9-13)15(21)11-4-2-1-3-5-11/h1-9H,10H2,(H3,18,19,20,23). The monoisotopic (exact) mass is 326 g/mol. The van der Waals surface area contributed by atoms with Crippen LogP contribution in [0.2, 0.25) is 0 Å². The van der Waals surface area contributed by atoms with E-state index in [-0.39, 0.29) is 11.3 Å². The second kappa shape index (κ2) is 7.68. The van der Waals surface area contributed by atoms with Crippen molar-refractivity contribution in [2.45, 2.75) is 0 Å². The number of benzene rings is 2.